The van der Waals surface area contributed by atoms with Crippen LogP contribution in [0.1, 0.15) is 96.8 Å². The fourth-order valence-corrected chi connectivity index (χ4v) is 3.36. The van der Waals surface area contributed by atoms with E-state index in [1.165, 1.54) is 95.9 Å². The van der Waals surface area contributed by atoms with E-state index in [0.29, 0.717) is 5.88 Å². The number of halogens is 1. The van der Waals surface area contributed by atoms with Crippen LogP contribution in [0.5, 0.6) is 5.88 Å². The Hall–Kier alpha value is -1.35. The second-order valence-electron chi connectivity index (χ2n) is 7.45. The molecule has 1 aromatic heterocycles. The van der Waals surface area contributed by atoms with Crippen molar-refractivity contribution in [3.63, 3.8) is 0 Å². The number of esters is 1. The van der Waals surface area contributed by atoms with Crippen molar-refractivity contribution in [1.82, 2.24) is 0 Å². The number of rotatable bonds is 17. The van der Waals surface area contributed by atoms with E-state index in [4.69, 9.17) is 4.74 Å². The van der Waals surface area contributed by atoms with E-state index in [2.05, 4.69) is 25.1 Å². The Morgan fingerprint density at radius 2 is 1.38 bits per heavy atom. The van der Waals surface area contributed by atoms with Gasteiger partial charge in [-0.2, -0.15) is 4.57 Å². The number of pyridine rings is 1. The first-order valence-electron chi connectivity index (χ1n) is 11.5. The second kappa shape index (κ2) is 21.4. The number of ether oxygens (including phenoxy) is 1. The van der Waals surface area contributed by atoms with Gasteiger partial charge in [0.25, 0.3) is 0 Å². The SMILES string of the molecule is C=CC(=O)Oc1cccc[n+]1CCCCCCCCCCCCCCCC.CCl. The fraction of sp³-hybridized carbons (Fsp3) is 0.680. The van der Waals surface area contributed by atoms with E-state index in [1.54, 1.807) is 0 Å². The molecule has 0 fully saturated rings. The lowest BCUT2D eigenvalue weighted by molar-refractivity contribution is -0.700. The molecule has 166 valence electrons. The zero-order chi connectivity index (χ0) is 21.6. The van der Waals surface area contributed by atoms with Crippen molar-refractivity contribution in [2.45, 2.75) is 103 Å². The molecule has 0 aliphatic rings. The summed E-state index contributed by atoms with van der Waals surface area (Å²) in [5, 5.41) is 0. The second-order valence-corrected chi connectivity index (χ2v) is 7.45. The lowest BCUT2D eigenvalue weighted by Gasteiger charge is -2.04. The van der Waals surface area contributed by atoms with Crippen molar-refractivity contribution in [1.29, 1.82) is 0 Å². The van der Waals surface area contributed by atoms with Gasteiger partial charge in [-0.05, 0) is 12.5 Å². The summed E-state index contributed by atoms with van der Waals surface area (Å²) in [6.07, 6.45) is 23.7. The third kappa shape index (κ3) is 16.2. The Kier molecular flexibility index (Phi) is 20.4. The third-order valence-corrected chi connectivity index (χ3v) is 5.02. The number of carbonyl (C=O) groups excluding carboxylic acids is 1. The van der Waals surface area contributed by atoms with Crippen LogP contribution in [0.2, 0.25) is 0 Å². The summed E-state index contributed by atoms with van der Waals surface area (Å²) in [6.45, 7) is 6.61. The maximum atomic E-state index is 11.4. The molecule has 1 rings (SSSR count). The Bertz CT molecular complexity index is 519. The quantitative estimate of drug-likeness (QED) is 0.0856. The van der Waals surface area contributed by atoms with Crippen LogP contribution in [0, 0.1) is 0 Å². The number of aromatic nitrogens is 1. The van der Waals surface area contributed by atoms with Gasteiger partial charge in [-0.1, -0.05) is 90.6 Å². The summed E-state index contributed by atoms with van der Waals surface area (Å²) >= 11 is 4.64. The molecule has 0 spiro atoms. The van der Waals surface area contributed by atoms with Crippen molar-refractivity contribution < 1.29 is 14.1 Å². The molecule has 29 heavy (non-hydrogen) atoms. The number of carbonyl (C=O) groups is 1. The van der Waals surface area contributed by atoms with Crippen LogP contribution < -0.4 is 9.30 Å². The predicted octanol–water partition coefficient (Wildman–Crippen LogP) is 7.40. The minimum absolute atomic E-state index is 0.407. The average Bonchev–Trinajstić information content (AvgIpc) is 2.76. The highest BCUT2D eigenvalue weighted by Crippen LogP contribution is 2.13. The Labute approximate surface area is 184 Å². The van der Waals surface area contributed by atoms with Crippen LogP contribution in [0.3, 0.4) is 0 Å². The van der Waals surface area contributed by atoms with Gasteiger partial charge in [0.15, 0.2) is 12.7 Å². The fourth-order valence-electron chi connectivity index (χ4n) is 3.36. The number of alkyl halides is 1. The Balaban J connectivity index is 0.00000379. The Morgan fingerprint density at radius 3 is 1.86 bits per heavy atom. The van der Waals surface area contributed by atoms with Crippen LogP contribution in [-0.4, -0.2) is 12.4 Å². The standard InChI is InChI=1S/C24H40NO2.CH3Cl/c1-3-5-6-7-8-9-10-11-12-13-14-15-16-18-21-25-22-19-17-20-23(25)27-24(26)4-2;1-2/h4,17,19-20,22H,2-3,5-16,18,21H2,1H3;1H3/q+1;. The van der Waals surface area contributed by atoms with Crippen LogP contribution >= 0.6 is 11.6 Å². The normalized spacial score (nSPS) is 10.2. The van der Waals surface area contributed by atoms with Gasteiger partial charge in [0.2, 0.25) is 0 Å². The number of nitrogens with zero attached hydrogens (tertiary/aromatic N) is 1. The average molecular weight is 425 g/mol. The van der Waals surface area contributed by atoms with Gasteiger partial charge in [-0.25, -0.2) is 4.79 Å². The largest absolute Gasteiger partial charge is 0.375 e. The topological polar surface area (TPSA) is 30.2 Å². The van der Waals surface area contributed by atoms with Crippen LogP contribution in [0.4, 0.5) is 0 Å². The first-order chi connectivity index (χ1) is 14.3. The smallest absolute Gasteiger partial charge is 0.367 e. The first-order valence-corrected chi connectivity index (χ1v) is 12.2. The molecule has 0 bridgehead atoms. The van der Waals surface area contributed by atoms with Gasteiger partial charge in [-0.3, -0.25) is 0 Å². The molecule has 0 atom stereocenters. The lowest BCUT2D eigenvalue weighted by atomic mass is 10.0. The third-order valence-electron chi connectivity index (χ3n) is 5.02. The monoisotopic (exact) mass is 424 g/mol. The lowest BCUT2D eigenvalue weighted by Crippen LogP contribution is -2.36. The number of aryl methyl sites for hydroxylation is 1. The molecule has 4 heteroatoms. The van der Waals surface area contributed by atoms with Crippen molar-refractivity contribution in [3.05, 3.63) is 37.1 Å². The summed E-state index contributed by atoms with van der Waals surface area (Å²) in [7, 11) is 0. The number of unbranched alkanes of at least 4 members (excludes halogenated alkanes) is 13. The van der Waals surface area contributed by atoms with Crippen LogP contribution in [-0.2, 0) is 11.3 Å². The zero-order valence-corrected chi connectivity index (χ0v) is 19.6. The van der Waals surface area contributed by atoms with Crippen LogP contribution in [0.15, 0.2) is 37.1 Å². The molecular formula is C25H43ClNO2+. The molecular weight excluding hydrogens is 382 g/mol. The van der Waals surface area contributed by atoms with Gasteiger partial charge in [0.1, 0.15) is 0 Å². The molecule has 0 saturated carbocycles. The maximum Gasteiger partial charge on any atom is 0.375 e. The molecule has 1 heterocycles. The van der Waals surface area contributed by atoms with E-state index in [0.717, 1.165) is 13.0 Å². The summed E-state index contributed by atoms with van der Waals surface area (Å²) in [5.74, 6) is 0.188. The van der Waals surface area contributed by atoms with E-state index in [1.807, 2.05) is 29.0 Å². The molecule has 0 aliphatic heterocycles. The molecule has 0 aliphatic carbocycles. The molecule has 0 saturated heterocycles. The zero-order valence-electron chi connectivity index (χ0n) is 18.8. The van der Waals surface area contributed by atoms with E-state index < -0.39 is 5.97 Å². The van der Waals surface area contributed by atoms with E-state index in [-0.39, 0.29) is 0 Å². The van der Waals surface area contributed by atoms with Crippen LogP contribution in [0.25, 0.3) is 0 Å². The molecule has 0 N–H and O–H groups in total. The highest BCUT2D eigenvalue weighted by atomic mass is 35.5. The Morgan fingerprint density at radius 1 is 0.897 bits per heavy atom. The highest BCUT2D eigenvalue weighted by molar-refractivity contribution is 6.15. The minimum Gasteiger partial charge on any atom is -0.367 e. The maximum absolute atomic E-state index is 11.4. The predicted molar refractivity (Wildman–Crippen MR) is 125 cm³/mol. The summed E-state index contributed by atoms with van der Waals surface area (Å²) in [6, 6.07) is 5.67. The molecule has 0 unspecified atom stereocenters. The molecule has 0 amide bonds. The van der Waals surface area contributed by atoms with Gasteiger partial charge in [-0.15, -0.1) is 11.6 Å². The molecule has 0 aromatic carbocycles. The van der Waals surface area contributed by atoms with Crippen molar-refractivity contribution in [2.24, 2.45) is 0 Å². The van der Waals surface area contributed by atoms with Crippen molar-refractivity contribution in [3.8, 4) is 5.88 Å². The van der Waals surface area contributed by atoms with Gasteiger partial charge in [0.05, 0.1) is 6.07 Å². The molecule has 3 nitrogen and oxygen atoms in total. The van der Waals surface area contributed by atoms with Gasteiger partial charge in [0, 0.05) is 24.9 Å². The number of hydrogen-bond acceptors (Lipinski definition) is 2. The summed E-state index contributed by atoms with van der Waals surface area (Å²) in [5.41, 5.74) is 0. The van der Waals surface area contributed by atoms with E-state index >= 15 is 0 Å². The van der Waals surface area contributed by atoms with E-state index in [9.17, 15) is 4.79 Å². The van der Waals surface area contributed by atoms with Crippen molar-refractivity contribution >= 4 is 17.6 Å². The summed E-state index contributed by atoms with van der Waals surface area (Å²) < 4.78 is 7.27. The number of hydrogen-bond donors (Lipinski definition) is 0. The summed E-state index contributed by atoms with van der Waals surface area (Å²) in [4.78, 5) is 11.4. The van der Waals surface area contributed by atoms with Gasteiger partial charge >= 0.3 is 11.8 Å². The molecule has 1 aromatic rings. The minimum atomic E-state index is -0.407. The highest BCUT2D eigenvalue weighted by Gasteiger charge is 2.12. The van der Waals surface area contributed by atoms with Crippen molar-refractivity contribution in [2.75, 3.05) is 6.38 Å². The molecule has 0 radical (unpaired) electrons. The van der Waals surface area contributed by atoms with Gasteiger partial charge < -0.3 is 4.74 Å². The first kappa shape index (κ1) is 27.6.